The zero-order valence-electron chi connectivity index (χ0n) is 7.15. The van der Waals surface area contributed by atoms with Crippen LogP contribution in [0, 0.1) is 0 Å². The van der Waals surface area contributed by atoms with E-state index in [2.05, 4.69) is 31.0 Å². The van der Waals surface area contributed by atoms with Crippen molar-refractivity contribution in [1.82, 2.24) is 4.90 Å². The summed E-state index contributed by atoms with van der Waals surface area (Å²) in [7, 11) is -1.84. The molecule has 0 saturated carbocycles. The number of nitrogens with zero attached hydrogens (tertiary/aromatic N) is 1. The standard InChI is InChI=1S/C7H11FNOPS2/c1-2-7(10)9(4-6-12)3-5-11(8)13/h2H,1,3-6H2/p+1. The third-order valence-electron chi connectivity index (χ3n) is 1.40. The lowest BCUT2D eigenvalue weighted by atomic mass is 10.4. The fourth-order valence-corrected chi connectivity index (χ4v) is 1.67. The molecule has 0 fully saturated rings. The largest absolute Gasteiger partial charge is 0.398 e. The van der Waals surface area contributed by atoms with E-state index in [9.17, 15) is 8.99 Å². The second-order valence-electron chi connectivity index (χ2n) is 2.29. The second-order valence-corrected chi connectivity index (χ2v) is 5.01. The molecule has 0 saturated heterocycles. The van der Waals surface area contributed by atoms with E-state index in [1.807, 2.05) is 0 Å². The van der Waals surface area contributed by atoms with E-state index in [0.717, 1.165) is 0 Å². The van der Waals surface area contributed by atoms with E-state index in [1.165, 1.54) is 11.0 Å². The van der Waals surface area contributed by atoms with Gasteiger partial charge in [-0.15, -0.1) is 0 Å². The smallest absolute Gasteiger partial charge is 0.334 e. The molecule has 0 N–H and O–H groups in total. The molecule has 2 nitrogen and oxygen atoms in total. The number of halogens is 1. The third-order valence-corrected chi connectivity index (χ3v) is 2.70. The zero-order valence-corrected chi connectivity index (χ0v) is 9.75. The highest BCUT2D eigenvalue weighted by Gasteiger charge is 2.15. The Morgan fingerprint density at radius 2 is 2.31 bits per heavy atom. The molecule has 6 heteroatoms. The lowest BCUT2D eigenvalue weighted by Gasteiger charge is -2.17. The quantitative estimate of drug-likeness (QED) is 0.434. The Morgan fingerprint density at radius 1 is 1.69 bits per heavy atom. The highest BCUT2D eigenvalue weighted by atomic mass is 32.4. The van der Waals surface area contributed by atoms with E-state index in [1.54, 1.807) is 0 Å². The van der Waals surface area contributed by atoms with Crippen molar-refractivity contribution < 1.29 is 8.99 Å². The van der Waals surface area contributed by atoms with Crippen molar-refractivity contribution in [1.29, 1.82) is 0 Å². The van der Waals surface area contributed by atoms with Crippen molar-refractivity contribution in [3.63, 3.8) is 0 Å². The van der Waals surface area contributed by atoms with Gasteiger partial charge in [0.05, 0.1) is 6.54 Å². The maximum absolute atomic E-state index is 12.4. The average Bonchev–Trinajstić information content (AvgIpc) is 2.10. The molecular weight excluding hydrogens is 228 g/mol. The maximum atomic E-state index is 12.4. The van der Waals surface area contributed by atoms with Gasteiger partial charge in [0.2, 0.25) is 17.7 Å². The molecule has 0 bridgehead atoms. The van der Waals surface area contributed by atoms with Crippen molar-refractivity contribution in [2.75, 3.05) is 25.0 Å². The van der Waals surface area contributed by atoms with Crippen LogP contribution in [0.1, 0.15) is 0 Å². The van der Waals surface area contributed by atoms with Gasteiger partial charge in [0, 0.05) is 16.5 Å². The summed E-state index contributed by atoms with van der Waals surface area (Å²) in [5.74, 6) is 0.363. The molecule has 0 aromatic rings. The minimum absolute atomic E-state index is 0.194. The molecule has 13 heavy (non-hydrogen) atoms. The molecule has 74 valence electrons. The SMILES string of the molecule is C=CC(=O)N(CCS)CC[P+](F)=S. The maximum Gasteiger partial charge on any atom is 0.398 e. The number of carbonyl (C=O) groups is 1. The van der Waals surface area contributed by atoms with Gasteiger partial charge in [-0.05, 0) is 6.08 Å². The predicted molar refractivity (Wildman–Crippen MR) is 60.9 cm³/mol. The summed E-state index contributed by atoms with van der Waals surface area (Å²) in [4.78, 5) is 12.6. The summed E-state index contributed by atoms with van der Waals surface area (Å²) in [6, 6.07) is 0. The Labute approximate surface area is 89.1 Å². The van der Waals surface area contributed by atoms with Crippen LogP contribution in [0.5, 0.6) is 0 Å². The zero-order chi connectivity index (χ0) is 10.3. The molecule has 1 unspecified atom stereocenters. The van der Waals surface area contributed by atoms with Crippen LogP contribution in [0.2, 0.25) is 0 Å². The Balaban J connectivity index is 4.00. The minimum atomic E-state index is -1.84. The molecule has 0 aliphatic carbocycles. The number of amides is 1. The lowest BCUT2D eigenvalue weighted by Crippen LogP contribution is -2.33. The van der Waals surface area contributed by atoms with E-state index in [4.69, 9.17) is 0 Å². The Bertz CT molecular complexity index is 213. The van der Waals surface area contributed by atoms with Crippen molar-refractivity contribution in [2.45, 2.75) is 0 Å². The van der Waals surface area contributed by atoms with Gasteiger partial charge in [0.25, 0.3) is 0 Å². The molecule has 0 rings (SSSR count). The summed E-state index contributed by atoms with van der Waals surface area (Å²) in [5, 5.41) is 0. The average molecular weight is 240 g/mol. The van der Waals surface area contributed by atoms with Crippen LogP contribution in [0.4, 0.5) is 4.20 Å². The van der Waals surface area contributed by atoms with Gasteiger partial charge in [-0.25, -0.2) is 0 Å². The number of hydrogen-bond donors (Lipinski definition) is 1. The third kappa shape index (κ3) is 6.13. The molecule has 0 radical (unpaired) electrons. The van der Waals surface area contributed by atoms with Crippen LogP contribution in [-0.4, -0.2) is 35.8 Å². The number of thiol groups is 1. The van der Waals surface area contributed by atoms with Crippen molar-refractivity contribution in [2.24, 2.45) is 0 Å². The van der Waals surface area contributed by atoms with E-state index < -0.39 is 7.01 Å². The van der Waals surface area contributed by atoms with Gasteiger partial charge >= 0.3 is 7.01 Å². The van der Waals surface area contributed by atoms with Crippen LogP contribution in [0.15, 0.2) is 12.7 Å². The first-order chi connectivity index (χ1) is 6.11. The second kappa shape index (κ2) is 7.42. The van der Waals surface area contributed by atoms with Crippen LogP contribution < -0.4 is 0 Å². The van der Waals surface area contributed by atoms with E-state index >= 15 is 0 Å². The van der Waals surface area contributed by atoms with Gasteiger partial charge in [-0.1, -0.05) is 6.58 Å². The molecule has 1 amide bonds. The summed E-state index contributed by atoms with van der Waals surface area (Å²) >= 11 is 8.41. The number of rotatable bonds is 6. The molecule has 0 aliphatic rings. The van der Waals surface area contributed by atoms with Crippen molar-refractivity contribution in [3.05, 3.63) is 12.7 Å². The monoisotopic (exact) mass is 240 g/mol. The van der Waals surface area contributed by atoms with Crippen molar-refractivity contribution >= 4 is 37.4 Å². The summed E-state index contributed by atoms with van der Waals surface area (Å²) in [5.41, 5.74) is 0. The fourth-order valence-electron chi connectivity index (χ4n) is 0.781. The first kappa shape index (κ1) is 13.0. The minimum Gasteiger partial charge on any atom is -0.334 e. The summed E-state index contributed by atoms with van der Waals surface area (Å²) in [6.45, 7) is 4.22. The van der Waals surface area contributed by atoms with Crippen LogP contribution in [0.3, 0.4) is 0 Å². The Kier molecular flexibility index (Phi) is 7.42. The first-order valence-electron chi connectivity index (χ1n) is 3.74. The van der Waals surface area contributed by atoms with Gasteiger partial charge in [-0.3, -0.25) is 4.79 Å². The van der Waals surface area contributed by atoms with E-state index in [-0.39, 0.29) is 12.1 Å². The molecule has 0 heterocycles. The molecule has 1 atom stereocenters. The number of carbonyl (C=O) groups excluding carboxylic acids is 1. The van der Waals surface area contributed by atoms with E-state index in [0.29, 0.717) is 18.8 Å². The topological polar surface area (TPSA) is 20.3 Å². The van der Waals surface area contributed by atoms with Crippen LogP contribution >= 0.6 is 19.6 Å². The van der Waals surface area contributed by atoms with Crippen LogP contribution in [0.25, 0.3) is 0 Å². The lowest BCUT2D eigenvalue weighted by molar-refractivity contribution is -0.125. The molecular formula is C7H12FNOPS2+. The Hall–Kier alpha value is 0.01000. The number of hydrogen-bond acceptors (Lipinski definition) is 3. The Morgan fingerprint density at radius 3 is 2.69 bits per heavy atom. The molecule has 0 aliphatic heterocycles. The van der Waals surface area contributed by atoms with Crippen LogP contribution in [-0.2, 0) is 16.6 Å². The predicted octanol–water partition coefficient (Wildman–Crippen LogP) is 1.76. The molecule has 0 aromatic heterocycles. The fraction of sp³-hybridized carbons (Fsp3) is 0.571. The molecule has 0 spiro atoms. The highest BCUT2D eigenvalue weighted by Crippen LogP contribution is 2.21. The van der Waals surface area contributed by atoms with Gasteiger partial charge in [0.15, 0.2) is 6.16 Å². The van der Waals surface area contributed by atoms with Gasteiger partial charge in [0.1, 0.15) is 0 Å². The van der Waals surface area contributed by atoms with Gasteiger partial charge < -0.3 is 4.90 Å². The summed E-state index contributed by atoms with van der Waals surface area (Å²) in [6.07, 6.45) is 1.46. The van der Waals surface area contributed by atoms with Crippen molar-refractivity contribution in [3.8, 4) is 0 Å². The van der Waals surface area contributed by atoms with Gasteiger partial charge in [-0.2, -0.15) is 12.6 Å². The molecule has 0 aromatic carbocycles. The first-order valence-corrected chi connectivity index (χ1v) is 6.80. The normalized spacial score (nSPS) is 10.8. The highest BCUT2D eigenvalue weighted by molar-refractivity contribution is 8.02. The summed E-state index contributed by atoms with van der Waals surface area (Å²) < 4.78 is 12.4.